The van der Waals surface area contributed by atoms with Gasteiger partial charge in [0.05, 0.1) is 34.8 Å². The first-order valence-corrected chi connectivity index (χ1v) is 13.3. The maximum absolute atomic E-state index is 12.8. The van der Waals surface area contributed by atoms with Gasteiger partial charge >= 0.3 is 6.09 Å². The number of benzene rings is 1. The highest BCUT2D eigenvalue weighted by atomic mass is 16.6. The highest BCUT2D eigenvalue weighted by Gasteiger charge is 2.41. The summed E-state index contributed by atoms with van der Waals surface area (Å²) in [7, 11) is 3.73. The molecule has 0 bridgehead atoms. The predicted molar refractivity (Wildman–Crippen MR) is 153 cm³/mol. The van der Waals surface area contributed by atoms with Crippen LogP contribution < -0.4 is 9.80 Å². The first-order valence-electron chi connectivity index (χ1n) is 13.3. The normalized spacial score (nSPS) is 17.0. The van der Waals surface area contributed by atoms with Crippen molar-refractivity contribution >= 4 is 34.3 Å². The van der Waals surface area contributed by atoms with Crippen LogP contribution >= 0.6 is 0 Å². The molecule has 0 radical (unpaired) electrons. The van der Waals surface area contributed by atoms with Crippen LogP contribution in [-0.4, -0.2) is 68.5 Å². The predicted octanol–water partition coefficient (Wildman–Crippen LogP) is 4.64. The number of hydrogen-bond acceptors (Lipinski definition) is 8. The summed E-state index contributed by atoms with van der Waals surface area (Å²) in [6.45, 7) is 6.56. The average Bonchev–Trinajstić information content (AvgIpc) is 3.65. The Hall–Kier alpha value is -4.69. The van der Waals surface area contributed by atoms with Crippen molar-refractivity contribution in [2.24, 2.45) is 7.05 Å². The molecule has 1 fully saturated rings. The summed E-state index contributed by atoms with van der Waals surface area (Å²) in [5.41, 5.74) is 5.51. The van der Waals surface area contributed by atoms with Crippen molar-refractivity contribution in [2.75, 3.05) is 29.9 Å². The van der Waals surface area contributed by atoms with Crippen LogP contribution in [0.2, 0.25) is 0 Å². The first kappa shape index (κ1) is 25.6. The molecule has 2 aliphatic heterocycles. The lowest BCUT2D eigenvalue weighted by atomic mass is 10.0. The molecule has 0 N–H and O–H groups in total. The second-order valence-corrected chi connectivity index (χ2v) is 11.3. The molecule has 5 heterocycles. The lowest BCUT2D eigenvalue weighted by Crippen LogP contribution is -2.40. The van der Waals surface area contributed by atoms with Crippen LogP contribution in [0.5, 0.6) is 0 Å². The van der Waals surface area contributed by atoms with Gasteiger partial charge in [-0.15, -0.1) is 0 Å². The number of aromatic nitrogens is 4. The number of nitrogens with zero attached hydrogens (tertiary/aromatic N) is 7. The average molecular weight is 538 g/mol. The van der Waals surface area contributed by atoms with Crippen LogP contribution in [0.15, 0.2) is 60.8 Å². The Morgan fingerprint density at radius 3 is 2.50 bits per heavy atom. The van der Waals surface area contributed by atoms with Crippen molar-refractivity contribution in [3.05, 3.63) is 60.8 Å². The molecule has 2 aliphatic rings. The molecule has 10 nitrogen and oxygen atoms in total. The van der Waals surface area contributed by atoms with Crippen LogP contribution in [0.4, 0.5) is 16.2 Å². The molecule has 0 unspecified atom stereocenters. The quantitative estimate of drug-likeness (QED) is 0.349. The third kappa shape index (κ3) is 4.46. The molecule has 0 aliphatic carbocycles. The van der Waals surface area contributed by atoms with E-state index in [0.717, 1.165) is 44.8 Å². The van der Waals surface area contributed by atoms with Gasteiger partial charge in [0.25, 0.3) is 0 Å². The Kier molecular flexibility index (Phi) is 6.07. The van der Waals surface area contributed by atoms with Gasteiger partial charge in [0.1, 0.15) is 11.3 Å². The summed E-state index contributed by atoms with van der Waals surface area (Å²) in [6.07, 6.45) is 5.88. The third-order valence-electron chi connectivity index (χ3n) is 7.31. The molecular formula is C30H31N7O3. The van der Waals surface area contributed by atoms with Gasteiger partial charge in [-0.3, -0.25) is 14.6 Å². The van der Waals surface area contributed by atoms with E-state index in [1.807, 2.05) is 87.4 Å². The second kappa shape index (κ2) is 9.50. The van der Waals surface area contributed by atoms with E-state index in [2.05, 4.69) is 27.1 Å². The van der Waals surface area contributed by atoms with Crippen LogP contribution in [0.3, 0.4) is 0 Å². The lowest BCUT2D eigenvalue weighted by Gasteiger charge is -2.28. The van der Waals surface area contributed by atoms with Crippen LogP contribution in [-0.2, 0) is 16.6 Å². The van der Waals surface area contributed by atoms with Crippen molar-refractivity contribution < 1.29 is 14.3 Å². The summed E-state index contributed by atoms with van der Waals surface area (Å²) in [5, 5.41) is 5.35. The number of anilines is 2. The summed E-state index contributed by atoms with van der Waals surface area (Å²) < 4.78 is 7.36. The van der Waals surface area contributed by atoms with Crippen molar-refractivity contribution in [2.45, 2.75) is 38.8 Å². The zero-order valence-electron chi connectivity index (χ0n) is 23.3. The summed E-state index contributed by atoms with van der Waals surface area (Å²) in [4.78, 5) is 39.9. The fourth-order valence-electron chi connectivity index (χ4n) is 5.41. The minimum Gasteiger partial charge on any atom is -0.444 e. The highest BCUT2D eigenvalue weighted by Crippen LogP contribution is 2.47. The molecule has 1 aromatic carbocycles. The van der Waals surface area contributed by atoms with Gasteiger partial charge in [0.15, 0.2) is 5.94 Å². The Bertz CT molecular complexity index is 1670. The number of carbonyl (C=O) groups excluding carboxylic acids is 2. The smallest absolute Gasteiger partial charge is 0.410 e. The number of ether oxygens (including phenoxy) is 1. The first-order chi connectivity index (χ1) is 19.1. The number of likely N-dealkylation sites (tertiary alicyclic amines) is 1. The fourth-order valence-corrected chi connectivity index (χ4v) is 5.41. The molecule has 0 saturated carbocycles. The van der Waals surface area contributed by atoms with Crippen molar-refractivity contribution in [3.63, 3.8) is 0 Å². The van der Waals surface area contributed by atoms with Crippen molar-refractivity contribution in [3.8, 4) is 22.5 Å². The number of hydrogen-bond donors (Lipinski definition) is 0. The van der Waals surface area contributed by atoms with Gasteiger partial charge < -0.3 is 19.4 Å². The maximum Gasteiger partial charge on any atom is 0.410 e. The zero-order valence-corrected chi connectivity index (χ0v) is 23.3. The molecule has 1 saturated heterocycles. The lowest BCUT2D eigenvalue weighted by molar-refractivity contribution is 0.0292. The van der Waals surface area contributed by atoms with Gasteiger partial charge in [0, 0.05) is 50.5 Å². The monoisotopic (exact) mass is 537 g/mol. The number of rotatable bonds is 3. The molecule has 10 heteroatoms. The van der Waals surface area contributed by atoms with E-state index in [9.17, 15) is 9.59 Å². The zero-order chi connectivity index (χ0) is 28.2. The van der Waals surface area contributed by atoms with E-state index in [-0.39, 0.29) is 12.1 Å². The number of carbonyl (C=O) groups is 1. The second-order valence-electron chi connectivity index (χ2n) is 11.3. The van der Waals surface area contributed by atoms with E-state index >= 15 is 0 Å². The molecule has 4 aromatic rings. The van der Waals surface area contributed by atoms with Gasteiger partial charge in [0.2, 0.25) is 5.82 Å². The van der Waals surface area contributed by atoms with E-state index in [4.69, 9.17) is 4.74 Å². The van der Waals surface area contributed by atoms with E-state index < -0.39 is 5.60 Å². The fraction of sp³-hybridized carbons (Fsp3) is 0.333. The molecule has 1 amide bonds. The van der Waals surface area contributed by atoms with Gasteiger partial charge in [-0.05, 0) is 57.0 Å². The molecule has 3 aromatic heterocycles. The van der Waals surface area contributed by atoms with E-state index in [1.165, 1.54) is 0 Å². The largest absolute Gasteiger partial charge is 0.444 e. The van der Waals surface area contributed by atoms with Crippen molar-refractivity contribution in [1.82, 2.24) is 24.6 Å². The van der Waals surface area contributed by atoms with Gasteiger partial charge in [-0.1, -0.05) is 12.1 Å². The highest BCUT2D eigenvalue weighted by molar-refractivity contribution is 6.05. The molecule has 40 heavy (non-hydrogen) atoms. The Balaban J connectivity index is 1.37. The molecule has 0 spiro atoms. The number of amides is 1. The molecule has 1 atom stereocenters. The van der Waals surface area contributed by atoms with Gasteiger partial charge in [-0.2, -0.15) is 5.10 Å². The summed E-state index contributed by atoms with van der Waals surface area (Å²) >= 11 is 0. The number of pyridine rings is 2. The summed E-state index contributed by atoms with van der Waals surface area (Å²) in [5.74, 6) is 2.55. The van der Waals surface area contributed by atoms with Crippen LogP contribution in [0, 0.1) is 0 Å². The Morgan fingerprint density at radius 2 is 1.82 bits per heavy atom. The number of aryl methyl sites for hydroxylation is 1. The standard InChI is InChI=1S/C30H31N7O3/c1-30(2,3)40-29(39)36-13-10-21(17-36)37-27(18-38)35(5)26-16-32-23-8-6-19(14-22(23)28(26)37)20-7-9-24(31-15-20)25-11-12-34(4)33-25/h6-9,11-12,14-16,21H,10,13,17H2,1-5H3/t21-/m0/s1. The Morgan fingerprint density at radius 1 is 1.02 bits per heavy atom. The minimum atomic E-state index is -0.577. The minimum absolute atomic E-state index is 0.110. The Labute approximate surface area is 232 Å². The van der Waals surface area contributed by atoms with E-state index in [0.29, 0.717) is 25.3 Å². The van der Waals surface area contributed by atoms with E-state index in [1.54, 1.807) is 15.8 Å². The van der Waals surface area contributed by atoms with Crippen LogP contribution in [0.1, 0.15) is 27.2 Å². The number of fused-ring (bicyclic) bond motifs is 3. The van der Waals surface area contributed by atoms with Gasteiger partial charge in [-0.25, -0.2) is 9.59 Å². The van der Waals surface area contributed by atoms with Crippen LogP contribution in [0.25, 0.3) is 33.4 Å². The SMILES string of the molecule is CN1C(=C=O)N([C@H]2CCN(C(=O)OC(C)(C)C)C2)c2c1cnc1ccc(-c3ccc(-c4ccn(C)n4)nc3)cc21. The third-order valence-corrected chi connectivity index (χ3v) is 7.31. The molecule has 6 rings (SSSR count). The topological polar surface area (TPSA) is 96.7 Å². The summed E-state index contributed by atoms with van der Waals surface area (Å²) in [6, 6.07) is 11.9. The maximum atomic E-state index is 12.8. The molecular weight excluding hydrogens is 506 g/mol. The van der Waals surface area contributed by atoms with Crippen molar-refractivity contribution in [1.29, 1.82) is 0 Å². The molecule has 204 valence electrons.